The van der Waals surface area contributed by atoms with Crippen LogP contribution in [0.15, 0.2) is 30.3 Å². The number of carbonyl (C=O) groups excluding carboxylic acids is 3. The number of aliphatic hydroxyl groups excluding tert-OH is 2. The summed E-state index contributed by atoms with van der Waals surface area (Å²) in [6.45, 7) is 4.66. The lowest BCUT2D eigenvalue weighted by molar-refractivity contribution is -0.137. The molecular weight excluding hydrogens is 630 g/mol. The lowest BCUT2D eigenvalue weighted by Crippen LogP contribution is -2.56. The summed E-state index contributed by atoms with van der Waals surface area (Å²) in [6, 6.07) is 7.40. The molecule has 1 saturated carbocycles. The highest BCUT2D eigenvalue weighted by Gasteiger charge is 2.36. The summed E-state index contributed by atoms with van der Waals surface area (Å²) < 4.78 is 27.8. The number of carbonyl (C=O) groups is 3. The second kappa shape index (κ2) is 19.9. The minimum atomic E-state index is -2.73. The SMILES string of the molecule is C#CC[C@H](NC(=O)[C@@H](CC(=O)N(C)CCN1CCCC(F)(F)C1)Cc1ccccc1)C(=O)N[C@@H](CC1CCCCC1)[C@@H](O)[C@@H](O)CC(C)C. The quantitative estimate of drug-likeness (QED) is 0.172. The van der Waals surface area contributed by atoms with E-state index >= 15 is 0 Å². The van der Waals surface area contributed by atoms with Crippen LogP contribution in [0.5, 0.6) is 0 Å². The van der Waals surface area contributed by atoms with Gasteiger partial charge in [-0.2, -0.15) is 0 Å². The molecule has 274 valence electrons. The normalized spacial score (nSPS) is 20.0. The monoisotopic (exact) mass is 688 g/mol. The molecule has 1 aliphatic heterocycles. The molecule has 1 heterocycles. The van der Waals surface area contributed by atoms with E-state index in [0.29, 0.717) is 38.3 Å². The summed E-state index contributed by atoms with van der Waals surface area (Å²) in [5.41, 5.74) is 0.835. The van der Waals surface area contributed by atoms with Crippen molar-refractivity contribution in [1.82, 2.24) is 20.4 Å². The van der Waals surface area contributed by atoms with Crippen molar-refractivity contribution >= 4 is 17.7 Å². The smallest absolute Gasteiger partial charge is 0.260 e. The first-order chi connectivity index (χ1) is 23.3. The van der Waals surface area contributed by atoms with E-state index in [1.807, 2.05) is 44.2 Å². The zero-order valence-electron chi connectivity index (χ0n) is 29.6. The summed E-state index contributed by atoms with van der Waals surface area (Å²) >= 11 is 0. The summed E-state index contributed by atoms with van der Waals surface area (Å²) in [5, 5.41) is 27.7. The van der Waals surface area contributed by atoms with E-state index in [-0.39, 0.29) is 50.6 Å². The molecule has 1 aliphatic carbocycles. The van der Waals surface area contributed by atoms with Crippen LogP contribution in [0.4, 0.5) is 8.78 Å². The van der Waals surface area contributed by atoms with E-state index in [0.717, 1.165) is 37.7 Å². The van der Waals surface area contributed by atoms with Crippen LogP contribution in [-0.2, 0) is 20.8 Å². The van der Waals surface area contributed by atoms with Gasteiger partial charge in [0, 0.05) is 39.4 Å². The molecule has 0 radical (unpaired) electrons. The van der Waals surface area contributed by atoms with Crippen molar-refractivity contribution in [2.24, 2.45) is 17.8 Å². The van der Waals surface area contributed by atoms with Gasteiger partial charge in [0.2, 0.25) is 17.7 Å². The second-order valence-electron chi connectivity index (χ2n) is 14.7. The molecule has 11 heteroatoms. The molecular formula is C38H58F2N4O5. The van der Waals surface area contributed by atoms with Crippen LogP contribution in [0.2, 0.25) is 0 Å². The van der Waals surface area contributed by atoms with Crippen molar-refractivity contribution in [3.05, 3.63) is 35.9 Å². The number of alkyl halides is 2. The third-order valence-corrected chi connectivity index (χ3v) is 9.88. The zero-order valence-corrected chi connectivity index (χ0v) is 29.6. The molecule has 0 bridgehead atoms. The first kappa shape index (κ1) is 40.4. The molecule has 1 aromatic carbocycles. The number of amides is 3. The number of terminal acetylenes is 1. The molecule has 1 saturated heterocycles. The van der Waals surface area contributed by atoms with Crippen molar-refractivity contribution in [2.45, 2.75) is 121 Å². The number of likely N-dealkylation sites (tertiary alicyclic amines) is 1. The van der Waals surface area contributed by atoms with Crippen LogP contribution >= 0.6 is 0 Å². The Balaban J connectivity index is 1.71. The Labute approximate surface area is 291 Å². The van der Waals surface area contributed by atoms with Crippen molar-refractivity contribution < 1.29 is 33.4 Å². The molecule has 3 amide bonds. The summed E-state index contributed by atoms with van der Waals surface area (Å²) in [5.74, 6) is -2.04. The predicted molar refractivity (Wildman–Crippen MR) is 186 cm³/mol. The third-order valence-electron chi connectivity index (χ3n) is 9.88. The lowest BCUT2D eigenvalue weighted by Gasteiger charge is -2.34. The molecule has 3 rings (SSSR count). The molecule has 2 fully saturated rings. The fraction of sp³-hybridized carbons (Fsp3) is 0.711. The van der Waals surface area contributed by atoms with Crippen LogP contribution < -0.4 is 10.6 Å². The van der Waals surface area contributed by atoms with E-state index in [1.54, 1.807) is 11.9 Å². The van der Waals surface area contributed by atoms with Gasteiger partial charge in [0.1, 0.15) is 12.1 Å². The number of piperidine rings is 1. The van der Waals surface area contributed by atoms with Gasteiger partial charge in [0.25, 0.3) is 5.92 Å². The lowest BCUT2D eigenvalue weighted by atomic mass is 9.82. The zero-order chi connectivity index (χ0) is 36.0. The Kier molecular flexibility index (Phi) is 16.4. The van der Waals surface area contributed by atoms with Crippen LogP contribution in [-0.4, -0.2) is 101 Å². The molecule has 0 unspecified atom stereocenters. The number of likely N-dealkylation sites (N-methyl/N-ethyl adjacent to an activating group) is 1. The number of nitrogens with zero attached hydrogens (tertiary/aromatic N) is 2. The number of hydrogen-bond donors (Lipinski definition) is 4. The topological polar surface area (TPSA) is 122 Å². The van der Waals surface area contributed by atoms with Gasteiger partial charge >= 0.3 is 0 Å². The Bertz CT molecular complexity index is 1220. The molecule has 2 aliphatic rings. The van der Waals surface area contributed by atoms with Crippen molar-refractivity contribution in [3.8, 4) is 12.3 Å². The number of nitrogens with one attached hydrogen (secondary N) is 2. The van der Waals surface area contributed by atoms with Crippen LogP contribution in [0.1, 0.15) is 90.0 Å². The molecule has 9 nitrogen and oxygen atoms in total. The summed E-state index contributed by atoms with van der Waals surface area (Å²) in [4.78, 5) is 44.0. The summed E-state index contributed by atoms with van der Waals surface area (Å²) in [7, 11) is 1.60. The fourth-order valence-corrected chi connectivity index (χ4v) is 7.03. The van der Waals surface area contributed by atoms with E-state index in [2.05, 4.69) is 16.6 Å². The van der Waals surface area contributed by atoms with Gasteiger partial charge in [-0.15, -0.1) is 12.3 Å². The molecule has 0 spiro atoms. The van der Waals surface area contributed by atoms with Crippen molar-refractivity contribution in [3.63, 3.8) is 0 Å². The average molecular weight is 689 g/mol. The van der Waals surface area contributed by atoms with Gasteiger partial charge in [0.05, 0.1) is 24.6 Å². The molecule has 5 atom stereocenters. The molecule has 4 N–H and O–H groups in total. The van der Waals surface area contributed by atoms with Gasteiger partial charge in [0.15, 0.2) is 0 Å². The van der Waals surface area contributed by atoms with Gasteiger partial charge < -0.3 is 25.7 Å². The number of hydrogen-bond acceptors (Lipinski definition) is 6. The Morgan fingerprint density at radius 1 is 1.06 bits per heavy atom. The molecule has 49 heavy (non-hydrogen) atoms. The van der Waals surface area contributed by atoms with Crippen molar-refractivity contribution in [2.75, 3.05) is 33.2 Å². The third kappa shape index (κ3) is 14.0. The van der Waals surface area contributed by atoms with E-state index < -0.39 is 47.9 Å². The van der Waals surface area contributed by atoms with E-state index in [9.17, 15) is 33.4 Å². The number of halogens is 2. The maximum atomic E-state index is 13.9. The van der Waals surface area contributed by atoms with Crippen LogP contribution in [0.25, 0.3) is 0 Å². The predicted octanol–water partition coefficient (Wildman–Crippen LogP) is 4.16. The maximum absolute atomic E-state index is 13.9. The minimum Gasteiger partial charge on any atom is -0.390 e. The minimum absolute atomic E-state index is 0.106. The highest BCUT2D eigenvalue weighted by Crippen LogP contribution is 2.29. The molecule has 1 aromatic rings. The number of benzene rings is 1. The number of rotatable bonds is 18. The fourth-order valence-electron chi connectivity index (χ4n) is 7.03. The second-order valence-corrected chi connectivity index (χ2v) is 14.7. The van der Waals surface area contributed by atoms with Gasteiger partial charge in [-0.1, -0.05) is 76.3 Å². The van der Waals surface area contributed by atoms with Crippen molar-refractivity contribution in [1.29, 1.82) is 0 Å². The first-order valence-electron chi connectivity index (χ1n) is 18.1. The maximum Gasteiger partial charge on any atom is 0.260 e. The van der Waals surface area contributed by atoms with E-state index in [4.69, 9.17) is 6.42 Å². The van der Waals surface area contributed by atoms with Crippen LogP contribution in [0.3, 0.4) is 0 Å². The summed E-state index contributed by atoms with van der Waals surface area (Å²) in [6.07, 6.45) is 9.82. The number of aliphatic hydroxyl groups is 2. The average Bonchev–Trinajstić information content (AvgIpc) is 3.06. The highest BCUT2D eigenvalue weighted by atomic mass is 19.3. The highest BCUT2D eigenvalue weighted by molar-refractivity contribution is 5.91. The first-order valence-corrected chi connectivity index (χ1v) is 18.1. The van der Waals surface area contributed by atoms with Gasteiger partial charge in [-0.25, -0.2) is 8.78 Å². The van der Waals surface area contributed by atoms with Crippen LogP contribution in [0, 0.1) is 30.1 Å². The standard InChI is InChI=1S/C38H58F2N4O5/c1-5-13-31(37(49)42-32(24-29-16-10-7-11-17-29)35(47)33(45)22-27(2)3)41-36(48)30(23-28-14-8-6-9-15-28)25-34(46)43(4)20-21-44-19-12-18-38(39,40)26-44/h1,6,8-9,14-15,27,29-33,35,45,47H,7,10-13,16-26H2,2-4H3,(H,41,48)(H,42,49)/t30-,31+,32+,33+,35-/m1/s1. The Morgan fingerprint density at radius 3 is 2.39 bits per heavy atom. The van der Waals surface area contributed by atoms with E-state index in [1.165, 1.54) is 4.90 Å². The Morgan fingerprint density at radius 2 is 1.76 bits per heavy atom. The van der Waals surface area contributed by atoms with Gasteiger partial charge in [-0.05, 0) is 49.6 Å². The van der Waals surface area contributed by atoms with Gasteiger partial charge in [-0.3, -0.25) is 19.3 Å². The Hall–Kier alpha value is -3.07. The largest absolute Gasteiger partial charge is 0.390 e. The molecule has 0 aromatic heterocycles.